The maximum atomic E-state index is 12.1. The van der Waals surface area contributed by atoms with Crippen LogP contribution in [0.5, 0.6) is 0 Å². The molecule has 28 heavy (non-hydrogen) atoms. The lowest BCUT2D eigenvalue weighted by atomic mass is 10.0. The molecule has 0 aliphatic rings. The Labute approximate surface area is 164 Å². The second kappa shape index (κ2) is 8.94. The summed E-state index contributed by atoms with van der Waals surface area (Å²) in [7, 11) is 0. The summed E-state index contributed by atoms with van der Waals surface area (Å²) < 4.78 is 5.10. The summed E-state index contributed by atoms with van der Waals surface area (Å²) in [5.41, 5.74) is 3.12. The molecule has 2 N–H and O–H groups in total. The van der Waals surface area contributed by atoms with Crippen LogP contribution in [0, 0.1) is 0 Å². The zero-order chi connectivity index (χ0) is 19.9. The van der Waals surface area contributed by atoms with Crippen LogP contribution in [0.2, 0.25) is 0 Å². The van der Waals surface area contributed by atoms with Crippen LogP contribution in [-0.4, -0.2) is 27.8 Å². The quantitative estimate of drug-likeness (QED) is 0.579. The average molecular weight is 377 g/mol. The molecule has 3 aromatic rings. The summed E-state index contributed by atoms with van der Waals surface area (Å²) in [6.45, 7) is 6.34. The molecule has 1 heterocycles. The van der Waals surface area contributed by atoms with Gasteiger partial charge in [-0.1, -0.05) is 44.2 Å². The Kier molecular flexibility index (Phi) is 6.16. The van der Waals surface area contributed by atoms with E-state index in [-0.39, 0.29) is 0 Å². The lowest BCUT2D eigenvalue weighted by Crippen LogP contribution is -2.09. The van der Waals surface area contributed by atoms with Crippen molar-refractivity contribution in [1.29, 1.82) is 0 Å². The molecular weight excluding hydrogens is 354 g/mol. The lowest BCUT2D eigenvalue weighted by molar-refractivity contribution is 0.0527. The first-order chi connectivity index (χ1) is 13.6. The lowest BCUT2D eigenvalue weighted by Gasteiger charge is -2.14. The van der Waals surface area contributed by atoms with Crippen LogP contribution >= 0.6 is 0 Å². The molecule has 0 fully saturated rings. The zero-order valence-electron chi connectivity index (χ0n) is 16.1. The number of hydrogen-bond acceptors (Lipinski definition) is 7. The van der Waals surface area contributed by atoms with E-state index in [0.717, 1.165) is 11.3 Å². The fraction of sp³-hybridized carbons (Fsp3) is 0.238. The minimum absolute atomic E-state index is 0.311. The molecule has 0 bridgehead atoms. The van der Waals surface area contributed by atoms with Crippen LogP contribution in [0.1, 0.15) is 42.6 Å². The molecule has 7 nitrogen and oxygen atoms in total. The number of carbonyl (C=O) groups is 1. The van der Waals surface area contributed by atoms with Gasteiger partial charge >= 0.3 is 5.97 Å². The highest BCUT2D eigenvalue weighted by molar-refractivity contribution is 5.96. The van der Waals surface area contributed by atoms with E-state index < -0.39 is 5.97 Å². The number of nitrogens with one attached hydrogen (secondary N) is 2. The monoisotopic (exact) mass is 377 g/mol. The maximum Gasteiger partial charge on any atom is 0.340 e. The van der Waals surface area contributed by atoms with Crippen molar-refractivity contribution >= 4 is 29.1 Å². The van der Waals surface area contributed by atoms with Crippen LogP contribution in [0.3, 0.4) is 0 Å². The van der Waals surface area contributed by atoms with Gasteiger partial charge < -0.3 is 15.4 Å². The number of ether oxygens (including phenoxy) is 1. The van der Waals surface area contributed by atoms with Crippen molar-refractivity contribution < 1.29 is 9.53 Å². The minimum atomic E-state index is -0.392. The van der Waals surface area contributed by atoms with Gasteiger partial charge in [0.2, 0.25) is 5.95 Å². The standard InChI is InChI=1S/C21H23N5O2/c1-4-28-20(27)16-10-6-8-12-18(16)23-19-13-22-26-21(25-19)24-17-11-7-5-9-15(17)14(2)3/h5-14H,4H2,1-3H3,(H2,23,24,25,26). The second-order valence-corrected chi connectivity index (χ2v) is 6.42. The Bertz CT molecular complexity index is 959. The third-order valence-electron chi connectivity index (χ3n) is 4.07. The van der Waals surface area contributed by atoms with Crippen molar-refractivity contribution in [2.45, 2.75) is 26.7 Å². The van der Waals surface area contributed by atoms with Gasteiger partial charge in [0.1, 0.15) is 0 Å². The first-order valence-electron chi connectivity index (χ1n) is 9.17. The highest BCUT2D eigenvalue weighted by Crippen LogP contribution is 2.26. The van der Waals surface area contributed by atoms with Crippen molar-refractivity contribution in [2.75, 3.05) is 17.2 Å². The first kappa shape index (κ1) is 19.3. The van der Waals surface area contributed by atoms with Gasteiger partial charge in [0.05, 0.1) is 24.1 Å². The van der Waals surface area contributed by atoms with Crippen LogP contribution < -0.4 is 10.6 Å². The molecule has 144 valence electrons. The fourth-order valence-corrected chi connectivity index (χ4v) is 2.77. The van der Waals surface area contributed by atoms with Crippen LogP contribution in [-0.2, 0) is 4.74 Å². The molecule has 0 amide bonds. The third-order valence-corrected chi connectivity index (χ3v) is 4.07. The number of para-hydroxylation sites is 2. The Morgan fingerprint density at radius 3 is 2.50 bits per heavy atom. The van der Waals surface area contributed by atoms with E-state index in [9.17, 15) is 4.79 Å². The topological polar surface area (TPSA) is 89.0 Å². The summed E-state index contributed by atoms with van der Waals surface area (Å²) >= 11 is 0. The number of benzene rings is 2. The van der Waals surface area contributed by atoms with E-state index in [0.29, 0.717) is 35.5 Å². The smallest absolute Gasteiger partial charge is 0.340 e. The van der Waals surface area contributed by atoms with Gasteiger partial charge in [0, 0.05) is 5.69 Å². The van der Waals surface area contributed by atoms with Gasteiger partial charge in [0.25, 0.3) is 0 Å². The summed E-state index contributed by atoms with van der Waals surface area (Å²) in [4.78, 5) is 16.6. The van der Waals surface area contributed by atoms with Gasteiger partial charge in [0.15, 0.2) is 5.82 Å². The van der Waals surface area contributed by atoms with Crippen molar-refractivity contribution in [2.24, 2.45) is 0 Å². The molecule has 0 unspecified atom stereocenters. The Hall–Kier alpha value is -3.48. The van der Waals surface area contributed by atoms with Crippen molar-refractivity contribution in [3.8, 4) is 0 Å². The molecule has 0 radical (unpaired) electrons. The molecule has 7 heteroatoms. The molecular formula is C21H23N5O2. The fourth-order valence-electron chi connectivity index (χ4n) is 2.77. The summed E-state index contributed by atoms with van der Waals surface area (Å²) in [6.07, 6.45) is 1.50. The average Bonchev–Trinajstić information content (AvgIpc) is 2.69. The summed E-state index contributed by atoms with van der Waals surface area (Å²) in [6, 6.07) is 15.1. The first-order valence-corrected chi connectivity index (χ1v) is 9.17. The van der Waals surface area contributed by atoms with Crippen molar-refractivity contribution in [3.05, 3.63) is 65.9 Å². The third kappa shape index (κ3) is 4.62. The van der Waals surface area contributed by atoms with Gasteiger partial charge in [-0.3, -0.25) is 0 Å². The normalized spacial score (nSPS) is 10.6. The maximum absolute atomic E-state index is 12.1. The molecule has 0 aliphatic carbocycles. The minimum Gasteiger partial charge on any atom is -0.462 e. The zero-order valence-corrected chi connectivity index (χ0v) is 16.1. The van der Waals surface area contributed by atoms with E-state index in [1.807, 2.05) is 24.3 Å². The summed E-state index contributed by atoms with van der Waals surface area (Å²) in [5.74, 6) is 0.800. The highest BCUT2D eigenvalue weighted by atomic mass is 16.5. The van der Waals surface area contributed by atoms with E-state index in [1.54, 1.807) is 25.1 Å². The second-order valence-electron chi connectivity index (χ2n) is 6.42. The number of esters is 1. The van der Waals surface area contributed by atoms with Crippen LogP contribution in [0.25, 0.3) is 0 Å². The number of aromatic nitrogens is 3. The largest absolute Gasteiger partial charge is 0.462 e. The molecule has 0 spiro atoms. The number of anilines is 4. The van der Waals surface area contributed by atoms with Gasteiger partial charge in [-0.05, 0) is 36.6 Å². The van der Waals surface area contributed by atoms with Gasteiger partial charge in [-0.25, -0.2) is 4.79 Å². The highest BCUT2D eigenvalue weighted by Gasteiger charge is 2.13. The summed E-state index contributed by atoms with van der Waals surface area (Å²) in [5, 5.41) is 14.4. The van der Waals surface area contributed by atoms with Crippen LogP contribution in [0.15, 0.2) is 54.7 Å². The molecule has 3 rings (SSSR count). The number of rotatable bonds is 7. The van der Waals surface area contributed by atoms with E-state index in [4.69, 9.17) is 4.74 Å². The van der Waals surface area contributed by atoms with Crippen molar-refractivity contribution in [3.63, 3.8) is 0 Å². The SMILES string of the molecule is CCOC(=O)c1ccccc1Nc1cnnc(Nc2ccccc2C(C)C)n1. The predicted molar refractivity (Wildman–Crippen MR) is 109 cm³/mol. The Morgan fingerprint density at radius 1 is 1.04 bits per heavy atom. The van der Waals surface area contributed by atoms with E-state index >= 15 is 0 Å². The Morgan fingerprint density at radius 2 is 1.75 bits per heavy atom. The van der Waals surface area contributed by atoms with E-state index in [1.165, 1.54) is 6.20 Å². The van der Waals surface area contributed by atoms with Gasteiger partial charge in [-0.2, -0.15) is 10.1 Å². The molecule has 0 aliphatic heterocycles. The molecule has 0 atom stereocenters. The predicted octanol–water partition coefficient (Wildman–Crippen LogP) is 4.66. The van der Waals surface area contributed by atoms with E-state index in [2.05, 4.69) is 45.7 Å². The Balaban J connectivity index is 1.83. The number of nitrogens with zero attached hydrogens (tertiary/aromatic N) is 3. The molecule has 1 aromatic heterocycles. The molecule has 0 saturated heterocycles. The van der Waals surface area contributed by atoms with Crippen LogP contribution in [0.4, 0.5) is 23.1 Å². The molecule has 0 saturated carbocycles. The van der Waals surface area contributed by atoms with Crippen molar-refractivity contribution in [1.82, 2.24) is 15.2 Å². The van der Waals surface area contributed by atoms with Gasteiger partial charge in [-0.15, -0.1) is 5.10 Å². The molecule has 2 aromatic carbocycles. The number of hydrogen-bond donors (Lipinski definition) is 2. The number of carbonyl (C=O) groups excluding carboxylic acids is 1.